The summed E-state index contributed by atoms with van der Waals surface area (Å²) in [5.74, 6) is 0.387. The van der Waals surface area contributed by atoms with Gasteiger partial charge in [-0.25, -0.2) is 4.98 Å². The van der Waals surface area contributed by atoms with Gasteiger partial charge >= 0.3 is 0 Å². The number of nitrogens with zero attached hydrogens (tertiary/aromatic N) is 3. The molecule has 0 aliphatic carbocycles. The number of hydrogen-bond donors (Lipinski definition) is 3. The van der Waals surface area contributed by atoms with Crippen molar-refractivity contribution in [3.8, 4) is 11.4 Å². The van der Waals surface area contributed by atoms with E-state index in [0.717, 1.165) is 5.56 Å². The summed E-state index contributed by atoms with van der Waals surface area (Å²) >= 11 is 0. The molecule has 2 aromatic carbocycles. The number of nitrogens with one attached hydrogen (secondary N) is 1. The van der Waals surface area contributed by atoms with Gasteiger partial charge < -0.3 is 15.1 Å². The molecule has 29 heavy (non-hydrogen) atoms. The van der Waals surface area contributed by atoms with Gasteiger partial charge in [0.15, 0.2) is 5.82 Å². The zero-order valence-electron chi connectivity index (χ0n) is 16.0. The Morgan fingerprint density at radius 1 is 1.17 bits per heavy atom. The molecule has 1 aliphatic heterocycles. The van der Waals surface area contributed by atoms with Gasteiger partial charge in [0.1, 0.15) is 6.33 Å². The Kier molecular flexibility index (Phi) is 5.42. The molecule has 150 valence electrons. The summed E-state index contributed by atoms with van der Waals surface area (Å²) < 4.78 is 0. The van der Waals surface area contributed by atoms with Crippen LogP contribution in [0.5, 0.6) is 0 Å². The van der Waals surface area contributed by atoms with Gasteiger partial charge in [-0.15, -0.1) is 0 Å². The van der Waals surface area contributed by atoms with Crippen LogP contribution >= 0.6 is 0 Å². The van der Waals surface area contributed by atoms with E-state index in [1.54, 1.807) is 11.0 Å². The molecule has 0 bridgehead atoms. The third kappa shape index (κ3) is 3.79. The van der Waals surface area contributed by atoms with E-state index >= 15 is 0 Å². The van der Waals surface area contributed by atoms with Gasteiger partial charge in [0.2, 0.25) is 0 Å². The minimum Gasteiger partial charge on any atom is -0.396 e. The standard InChI is InChI=1S/C22H24N4O3/c27-14-22(12-16-6-2-1-3-7-16)13-26(11-10-19(22)28)21(29)18-9-5-4-8-17(18)20-23-15-24-25-20/h1-9,15,19,27-28H,10-14H2,(H,23,24,25)/t19-,22+/m1/s1. The highest BCUT2D eigenvalue weighted by molar-refractivity contribution is 6.00. The number of benzene rings is 2. The number of aliphatic hydroxyl groups is 2. The molecule has 1 aliphatic rings. The first kappa shape index (κ1) is 19.3. The van der Waals surface area contributed by atoms with Crippen LogP contribution in [0.25, 0.3) is 11.4 Å². The zero-order chi connectivity index (χ0) is 20.3. The summed E-state index contributed by atoms with van der Waals surface area (Å²) in [6, 6.07) is 17.0. The molecule has 3 N–H and O–H groups in total. The largest absolute Gasteiger partial charge is 0.396 e. The summed E-state index contributed by atoms with van der Waals surface area (Å²) in [6.07, 6.45) is 1.65. The van der Waals surface area contributed by atoms with Crippen molar-refractivity contribution < 1.29 is 15.0 Å². The number of piperidine rings is 1. The lowest BCUT2D eigenvalue weighted by atomic mass is 9.73. The van der Waals surface area contributed by atoms with Gasteiger partial charge in [0.25, 0.3) is 5.91 Å². The second kappa shape index (κ2) is 8.14. The topological polar surface area (TPSA) is 102 Å². The number of carbonyl (C=O) groups is 1. The number of H-pyrrole nitrogens is 1. The summed E-state index contributed by atoms with van der Waals surface area (Å²) in [5.41, 5.74) is 1.43. The highest BCUT2D eigenvalue weighted by Gasteiger charge is 2.44. The van der Waals surface area contributed by atoms with Gasteiger partial charge in [0.05, 0.1) is 18.3 Å². The third-order valence-corrected chi connectivity index (χ3v) is 5.71. The van der Waals surface area contributed by atoms with E-state index in [0.29, 0.717) is 36.3 Å². The van der Waals surface area contributed by atoms with Gasteiger partial charge in [-0.05, 0) is 24.5 Å². The molecule has 1 amide bonds. The van der Waals surface area contributed by atoms with E-state index in [-0.39, 0.29) is 19.1 Å². The minimum atomic E-state index is -0.795. The zero-order valence-corrected chi connectivity index (χ0v) is 16.0. The Hall–Kier alpha value is -3.03. The van der Waals surface area contributed by atoms with Crippen LogP contribution in [-0.4, -0.2) is 62.0 Å². The molecule has 1 saturated heterocycles. The monoisotopic (exact) mass is 392 g/mol. The Balaban J connectivity index is 1.62. The number of hydrogen-bond acceptors (Lipinski definition) is 5. The Labute approximate surface area is 169 Å². The average Bonchev–Trinajstić information content (AvgIpc) is 3.30. The quantitative estimate of drug-likeness (QED) is 0.615. The molecule has 2 atom stereocenters. The van der Waals surface area contributed by atoms with Gasteiger partial charge in [-0.3, -0.25) is 9.89 Å². The van der Waals surface area contributed by atoms with Crippen molar-refractivity contribution in [2.75, 3.05) is 19.7 Å². The molecule has 2 heterocycles. The van der Waals surface area contributed by atoms with Crippen molar-refractivity contribution in [2.45, 2.75) is 18.9 Å². The number of aromatic amines is 1. The predicted molar refractivity (Wildman–Crippen MR) is 108 cm³/mol. The Bertz CT molecular complexity index is 961. The molecule has 0 saturated carbocycles. The van der Waals surface area contributed by atoms with E-state index in [1.807, 2.05) is 48.5 Å². The van der Waals surface area contributed by atoms with Gasteiger partial charge in [0, 0.05) is 24.1 Å². The lowest BCUT2D eigenvalue weighted by Crippen LogP contribution is -2.56. The molecule has 0 unspecified atom stereocenters. The van der Waals surface area contributed by atoms with Crippen LogP contribution < -0.4 is 0 Å². The third-order valence-electron chi connectivity index (χ3n) is 5.71. The maximum Gasteiger partial charge on any atom is 0.254 e. The Morgan fingerprint density at radius 2 is 1.93 bits per heavy atom. The van der Waals surface area contributed by atoms with Crippen molar-refractivity contribution in [2.24, 2.45) is 5.41 Å². The number of likely N-dealkylation sites (tertiary alicyclic amines) is 1. The van der Waals surface area contributed by atoms with Crippen LogP contribution in [-0.2, 0) is 6.42 Å². The van der Waals surface area contributed by atoms with Crippen LogP contribution in [0, 0.1) is 5.41 Å². The fourth-order valence-electron chi connectivity index (χ4n) is 4.09. The molecule has 1 fully saturated rings. The lowest BCUT2D eigenvalue weighted by Gasteiger charge is -2.45. The molecule has 0 spiro atoms. The van der Waals surface area contributed by atoms with Crippen LogP contribution in [0.15, 0.2) is 60.9 Å². The van der Waals surface area contributed by atoms with Crippen LogP contribution in [0.3, 0.4) is 0 Å². The minimum absolute atomic E-state index is 0.144. The first-order chi connectivity index (χ1) is 14.1. The second-order valence-electron chi connectivity index (χ2n) is 7.59. The number of aromatic nitrogens is 3. The fraction of sp³-hybridized carbons (Fsp3) is 0.318. The summed E-state index contributed by atoms with van der Waals surface area (Å²) in [4.78, 5) is 19.3. The number of carbonyl (C=O) groups excluding carboxylic acids is 1. The molecular formula is C22H24N4O3. The predicted octanol–water partition coefficient (Wildman–Crippen LogP) is 1.90. The van der Waals surface area contributed by atoms with E-state index in [4.69, 9.17) is 0 Å². The molecule has 1 aromatic heterocycles. The summed E-state index contributed by atoms with van der Waals surface area (Å²) in [6.45, 7) is 0.515. The average molecular weight is 392 g/mol. The van der Waals surface area contributed by atoms with E-state index in [9.17, 15) is 15.0 Å². The first-order valence-corrected chi connectivity index (χ1v) is 9.70. The molecule has 3 aromatic rings. The molecular weight excluding hydrogens is 368 g/mol. The second-order valence-corrected chi connectivity index (χ2v) is 7.59. The molecule has 7 heteroatoms. The molecule has 0 radical (unpaired) electrons. The van der Waals surface area contributed by atoms with Crippen molar-refractivity contribution >= 4 is 5.91 Å². The smallest absolute Gasteiger partial charge is 0.254 e. The van der Waals surface area contributed by atoms with Gasteiger partial charge in [-0.2, -0.15) is 5.10 Å². The summed E-state index contributed by atoms with van der Waals surface area (Å²) in [7, 11) is 0. The van der Waals surface area contributed by atoms with Crippen molar-refractivity contribution in [1.82, 2.24) is 20.1 Å². The van der Waals surface area contributed by atoms with E-state index in [2.05, 4.69) is 15.2 Å². The van der Waals surface area contributed by atoms with E-state index < -0.39 is 11.5 Å². The highest BCUT2D eigenvalue weighted by Crippen LogP contribution is 2.35. The number of aliphatic hydroxyl groups excluding tert-OH is 2. The Morgan fingerprint density at radius 3 is 2.66 bits per heavy atom. The van der Waals surface area contributed by atoms with Crippen molar-refractivity contribution in [3.63, 3.8) is 0 Å². The molecule has 4 rings (SSSR count). The summed E-state index contributed by atoms with van der Waals surface area (Å²) in [5, 5.41) is 27.6. The van der Waals surface area contributed by atoms with Gasteiger partial charge in [-0.1, -0.05) is 48.5 Å². The number of rotatable bonds is 5. The van der Waals surface area contributed by atoms with Crippen LogP contribution in [0.2, 0.25) is 0 Å². The molecule has 7 nitrogen and oxygen atoms in total. The normalized spacial score (nSPS) is 21.9. The maximum atomic E-state index is 13.4. The lowest BCUT2D eigenvalue weighted by molar-refractivity contribution is -0.0668. The van der Waals surface area contributed by atoms with E-state index in [1.165, 1.54) is 6.33 Å². The first-order valence-electron chi connectivity index (χ1n) is 9.70. The number of amides is 1. The SMILES string of the molecule is O=C(c1ccccc1-c1ncn[nH]1)N1CC[C@@H](O)[C@@](CO)(Cc2ccccc2)C1. The van der Waals surface area contributed by atoms with Crippen LogP contribution in [0.4, 0.5) is 0 Å². The highest BCUT2D eigenvalue weighted by atomic mass is 16.3. The van der Waals surface area contributed by atoms with Crippen LogP contribution in [0.1, 0.15) is 22.3 Å². The van der Waals surface area contributed by atoms with Crippen molar-refractivity contribution in [3.05, 3.63) is 72.1 Å². The maximum absolute atomic E-state index is 13.4. The fourth-order valence-corrected chi connectivity index (χ4v) is 4.09. The van der Waals surface area contributed by atoms with Crippen molar-refractivity contribution in [1.29, 1.82) is 0 Å².